The molecule has 2 aliphatic carbocycles. The van der Waals surface area contributed by atoms with Crippen molar-refractivity contribution >= 4 is 44.6 Å². The van der Waals surface area contributed by atoms with Crippen molar-refractivity contribution in [1.29, 1.82) is 0 Å². The van der Waals surface area contributed by atoms with E-state index in [0.29, 0.717) is 23.6 Å². The lowest BCUT2D eigenvalue weighted by atomic mass is 9.80. The van der Waals surface area contributed by atoms with Gasteiger partial charge in [0.15, 0.2) is 5.82 Å². The highest BCUT2D eigenvalue weighted by molar-refractivity contribution is 7.92. The Kier molecular flexibility index (Phi) is 10.0. The summed E-state index contributed by atoms with van der Waals surface area (Å²) in [6, 6.07) is 4.90. The number of anilines is 4. The number of sulfone groups is 1. The van der Waals surface area contributed by atoms with Gasteiger partial charge in [-0.05, 0) is 103 Å². The molecule has 2 fully saturated rings. The third kappa shape index (κ3) is 7.82. The molecule has 11 nitrogen and oxygen atoms in total. The number of hydrogen-bond donors (Lipinski definition) is 3. The third-order valence-electron chi connectivity index (χ3n) is 8.27. The number of nitrogens with zero attached hydrogens (tertiary/aromatic N) is 5. The number of nitrogens with one attached hydrogen (secondary N) is 3. The Hall–Kier alpha value is -2.93. The SMILES string of the molecule is Cc1cc(Nc2ncc(Cl)c(Nc3cn(C)nc3S(=O)(=O)C(C)C)n2)c(OC2CC2)cc1[C@H]1CC[C@@H](NCCN(C)C)CC1. The van der Waals surface area contributed by atoms with Crippen LogP contribution in [0.2, 0.25) is 5.02 Å². The van der Waals surface area contributed by atoms with E-state index in [9.17, 15) is 8.42 Å². The first-order valence-electron chi connectivity index (χ1n) is 15.4. The Balaban J connectivity index is 1.35. The summed E-state index contributed by atoms with van der Waals surface area (Å²) in [7, 11) is 2.25. The molecule has 2 heterocycles. The molecule has 0 atom stereocenters. The van der Waals surface area contributed by atoms with E-state index < -0.39 is 15.1 Å². The minimum absolute atomic E-state index is 0.0519. The average Bonchev–Trinajstić information content (AvgIpc) is 3.71. The van der Waals surface area contributed by atoms with E-state index in [4.69, 9.17) is 16.3 Å². The molecule has 0 bridgehead atoms. The molecule has 3 aromatic rings. The van der Waals surface area contributed by atoms with E-state index in [-0.39, 0.29) is 22.0 Å². The van der Waals surface area contributed by atoms with Crippen molar-refractivity contribution in [2.75, 3.05) is 37.8 Å². The third-order valence-corrected chi connectivity index (χ3v) is 10.6. The van der Waals surface area contributed by atoms with Crippen LogP contribution in [0.1, 0.15) is 69.4 Å². The average molecular weight is 645 g/mol. The Morgan fingerprint density at radius 1 is 1.09 bits per heavy atom. The smallest absolute Gasteiger partial charge is 0.229 e. The van der Waals surface area contributed by atoms with E-state index in [1.807, 2.05) is 0 Å². The lowest BCUT2D eigenvalue weighted by Crippen LogP contribution is -2.37. The highest BCUT2D eigenvalue weighted by Gasteiger charge is 2.29. The number of aryl methyl sites for hydroxylation is 2. The molecular weight excluding hydrogens is 600 g/mol. The quantitative estimate of drug-likeness (QED) is 0.218. The molecule has 0 amide bonds. The first-order valence-corrected chi connectivity index (χ1v) is 17.4. The molecule has 240 valence electrons. The summed E-state index contributed by atoms with van der Waals surface area (Å²) in [5.74, 6) is 1.87. The molecule has 3 N–H and O–H groups in total. The second kappa shape index (κ2) is 13.6. The van der Waals surface area contributed by atoms with E-state index in [2.05, 4.69) is 69.1 Å². The van der Waals surface area contributed by atoms with Gasteiger partial charge in [-0.1, -0.05) is 11.6 Å². The summed E-state index contributed by atoms with van der Waals surface area (Å²) in [4.78, 5) is 11.2. The van der Waals surface area contributed by atoms with Gasteiger partial charge in [0.05, 0.1) is 28.9 Å². The van der Waals surface area contributed by atoms with Gasteiger partial charge in [-0.3, -0.25) is 4.68 Å². The van der Waals surface area contributed by atoms with Gasteiger partial charge >= 0.3 is 0 Å². The molecule has 0 saturated heterocycles. The lowest BCUT2D eigenvalue weighted by molar-refractivity contribution is 0.302. The molecule has 2 aromatic heterocycles. The van der Waals surface area contributed by atoms with Crippen molar-refractivity contribution in [3.63, 3.8) is 0 Å². The molecular formula is C31H45ClN8O3S. The van der Waals surface area contributed by atoms with Gasteiger partial charge in [0.25, 0.3) is 0 Å². The largest absolute Gasteiger partial charge is 0.488 e. The highest BCUT2D eigenvalue weighted by Crippen LogP contribution is 2.41. The Bertz CT molecular complexity index is 1560. The fraction of sp³-hybridized carbons (Fsp3) is 0.581. The fourth-order valence-corrected chi connectivity index (χ4v) is 6.79. The van der Waals surface area contributed by atoms with Crippen LogP contribution in [0, 0.1) is 6.92 Å². The normalized spacial score (nSPS) is 19.0. The van der Waals surface area contributed by atoms with Crippen molar-refractivity contribution in [2.24, 2.45) is 7.05 Å². The Labute approximate surface area is 266 Å². The standard InChI is InChI=1S/C31H45ClN8O3S/c1-19(2)44(41,42)30-27(18-40(6)38-30)35-29-25(32)17-34-31(37-29)36-26-15-20(3)24(16-28(26)43-23-11-12-23)21-7-9-22(10-8-21)33-13-14-39(4)5/h15-19,21-23,33H,7-14H2,1-6H3,(H2,34,35,36,37)/t21-,22+. The monoisotopic (exact) mass is 644 g/mol. The second-order valence-electron chi connectivity index (χ2n) is 12.6. The van der Waals surface area contributed by atoms with E-state index >= 15 is 0 Å². The second-order valence-corrected chi connectivity index (χ2v) is 15.4. The van der Waals surface area contributed by atoms with Gasteiger partial charge < -0.3 is 25.6 Å². The van der Waals surface area contributed by atoms with Gasteiger partial charge in [-0.2, -0.15) is 10.1 Å². The van der Waals surface area contributed by atoms with Crippen molar-refractivity contribution in [3.8, 4) is 5.75 Å². The van der Waals surface area contributed by atoms with E-state index in [0.717, 1.165) is 50.2 Å². The van der Waals surface area contributed by atoms with Crippen LogP contribution < -0.4 is 20.7 Å². The van der Waals surface area contributed by atoms with Crippen LogP contribution >= 0.6 is 11.6 Å². The summed E-state index contributed by atoms with van der Waals surface area (Å²) in [6.07, 6.45) is 10.0. The number of aromatic nitrogens is 4. The first-order chi connectivity index (χ1) is 20.9. The van der Waals surface area contributed by atoms with Gasteiger partial charge in [0, 0.05) is 32.4 Å². The molecule has 0 radical (unpaired) electrons. The van der Waals surface area contributed by atoms with Crippen molar-refractivity contribution < 1.29 is 13.2 Å². The number of ether oxygens (including phenoxy) is 1. The number of likely N-dealkylation sites (N-methyl/N-ethyl adjacent to an activating group) is 1. The van der Waals surface area contributed by atoms with Gasteiger partial charge in [-0.25, -0.2) is 13.4 Å². The van der Waals surface area contributed by atoms with Crippen molar-refractivity contribution in [1.82, 2.24) is 30.0 Å². The predicted molar refractivity (Wildman–Crippen MR) is 176 cm³/mol. The maximum atomic E-state index is 12.9. The number of benzene rings is 1. The lowest BCUT2D eigenvalue weighted by Gasteiger charge is -2.31. The Morgan fingerprint density at radius 3 is 2.48 bits per heavy atom. The van der Waals surface area contributed by atoms with Crippen LogP contribution in [-0.4, -0.2) is 77.6 Å². The first kappa shape index (κ1) is 32.5. The van der Waals surface area contributed by atoms with Crippen LogP contribution in [0.3, 0.4) is 0 Å². The van der Waals surface area contributed by atoms with Crippen LogP contribution in [0.5, 0.6) is 5.75 Å². The zero-order valence-electron chi connectivity index (χ0n) is 26.5. The molecule has 1 aromatic carbocycles. The minimum Gasteiger partial charge on any atom is -0.488 e. The summed E-state index contributed by atoms with van der Waals surface area (Å²) in [5.41, 5.74) is 3.63. The van der Waals surface area contributed by atoms with E-state index in [1.165, 1.54) is 34.8 Å². The predicted octanol–water partition coefficient (Wildman–Crippen LogP) is 5.56. The molecule has 44 heavy (non-hydrogen) atoms. The Morgan fingerprint density at radius 2 is 1.82 bits per heavy atom. The van der Waals surface area contributed by atoms with Gasteiger partial charge in [0.2, 0.25) is 20.8 Å². The van der Waals surface area contributed by atoms with Crippen molar-refractivity contribution in [2.45, 2.75) is 87.6 Å². The summed E-state index contributed by atoms with van der Waals surface area (Å²) in [6.45, 7) is 7.47. The topological polar surface area (TPSA) is 126 Å². The molecule has 5 rings (SSSR count). The number of rotatable bonds is 13. The summed E-state index contributed by atoms with van der Waals surface area (Å²) < 4.78 is 33.7. The number of hydrogen-bond acceptors (Lipinski definition) is 10. The van der Waals surface area contributed by atoms with Crippen LogP contribution in [-0.2, 0) is 16.9 Å². The van der Waals surface area contributed by atoms with E-state index in [1.54, 1.807) is 27.1 Å². The zero-order chi connectivity index (χ0) is 31.6. The summed E-state index contributed by atoms with van der Waals surface area (Å²) in [5, 5.41) is 13.9. The maximum absolute atomic E-state index is 12.9. The molecule has 0 spiro atoms. The summed E-state index contributed by atoms with van der Waals surface area (Å²) >= 11 is 6.45. The van der Waals surface area contributed by atoms with Crippen LogP contribution in [0.4, 0.5) is 23.1 Å². The van der Waals surface area contributed by atoms with Gasteiger partial charge in [0.1, 0.15) is 10.8 Å². The maximum Gasteiger partial charge on any atom is 0.229 e. The zero-order valence-corrected chi connectivity index (χ0v) is 28.1. The van der Waals surface area contributed by atoms with Crippen LogP contribution in [0.15, 0.2) is 29.6 Å². The van der Waals surface area contributed by atoms with Crippen molar-refractivity contribution in [3.05, 3.63) is 40.7 Å². The fourth-order valence-electron chi connectivity index (χ4n) is 5.56. The van der Waals surface area contributed by atoms with Crippen LogP contribution in [0.25, 0.3) is 0 Å². The molecule has 2 aliphatic rings. The number of halogens is 1. The highest BCUT2D eigenvalue weighted by atomic mass is 35.5. The molecule has 2 saturated carbocycles. The molecule has 0 aliphatic heterocycles. The molecule has 13 heteroatoms. The minimum atomic E-state index is -3.64. The van der Waals surface area contributed by atoms with Gasteiger partial charge in [-0.15, -0.1) is 0 Å². The molecule has 0 unspecified atom stereocenters.